The van der Waals surface area contributed by atoms with E-state index >= 15 is 0 Å². The summed E-state index contributed by atoms with van der Waals surface area (Å²) in [6, 6.07) is 16.0. The summed E-state index contributed by atoms with van der Waals surface area (Å²) in [6.45, 7) is 1.92. The molecule has 144 valence electrons. The largest absolute Gasteiger partial charge is 0.508 e. The lowest BCUT2D eigenvalue weighted by Gasteiger charge is -2.13. The Labute approximate surface area is 165 Å². The number of phenolic OH excluding ortho intramolecular Hbond substituents is 1. The van der Waals surface area contributed by atoms with E-state index in [0.29, 0.717) is 5.56 Å². The number of rotatable bonds is 8. The molecule has 0 aliphatic rings. The molecule has 3 rings (SSSR count). The molecule has 0 aliphatic carbocycles. The van der Waals surface area contributed by atoms with Crippen LogP contribution in [0.5, 0.6) is 5.75 Å². The first-order valence-electron chi connectivity index (χ1n) is 9.48. The number of hydrogen-bond acceptors (Lipinski definition) is 5. The Balaban J connectivity index is 1.40. The summed E-state index contributed by atoms with van der Waals surface area (Å²) >= 11 is 0. The predicted molar refractivity (Wildman–Crippen MR) is 108 cm³/mol. The minimum atomic E-state index is -0.277. The maximum absolute atomic E-state index is 12.0. The summed E-state index contributed by atoms with van der Waals surface area (Å²) in [5.41, 5.74) is 2.47. The Morgan fingerprint density at radius 2 is 1.64 bits per heavy atom. The second-order valence-electron chi connectivity index (χ2n) is 6.76. The summed E-state index contributed by atoms with van der Waals surface area (Å²) in [5, 5.41) is 9.35. The smallest absolute Gasteiger partial charge is 0.338 e. The minimum absolute atomic E-state index is 0.120. The van der Waals surface area contributed by atoms with Gasteiger partial charge in [-0.2, -0.15) is 0 Å². The third-order valence-corrected chi connectivity index (χ3v) is 4.48. The number of ether oxygens (including phenoxy) is 1. The van der Waals surface area contributed by atoms with Crippen LogP contribution >= 0.6 is 0 Å². The lowest BCUT2D eigenvalue weighted by Crippen LogP contribution is -2.15. The molecule has 1 N–H and O–H groups in total. The van der Waals surface area contributed by atoms with Gasteiger partial charge < -0.3 is 9.84 Å². The third-order valence-electron chi connectivity index (χ3n) is 4.48. The van der Waals surface area contributed by atoms with Crippen molar-refractivity contribution in [1.29, 1.82) is 0 Å². The van der Waals surface area contributed by atoms with E-state index in [1.807, 2.05) is 37.3 Å². The predicted octanol–water partition coefficient (Wildman–Crippen LogP) is 4.81. The monoisotopic (exact) mass is 376 g/mol. The Hall–Kier alpha value is -3.21. The molecule has 5 heteroatoms. The van der Waals surface area contributed by atoms with E-state index in [9.17, 15) is 9.90 Å². The number of aryl methyl sites for hydroxylation is 1. The molecule has 0 amide bonds. The molecule has 3 aromatic rings. The van der Waals surface area contributed by atoms with E-state index in [-0.39, 0.29) is 17.8 Å². The van der Waals surface area contributed by atoms with Gasteiger partial charge in [-0.05, 0) is 56.0 Å². The molecule has 0 saturated carbocycles. The van der Waals surface area contributed by atoms with E-state index in [1.54, 1.807) is 36.7 Å². The highest BCUT2D eigenvalue weighted by Crippen LogP contribution is 2.20. The van der Waals surface area contributed by atoms with Crippen molar-refractivity contribution < 1.29 is 14.6 Å². The number of esters is 1. The number of phenols is 1. The molecule has 2 aromatic carbocycles. The molecule has 1 unspecified atom stereocenters. The van der Waals surface area contributed by atoms with Gasteiger partial charge in [-0.15, -0.1) is 0 Å². The highest BCUT2D eigenvalue weighted by atomic mass is 16.5. The summed E-state index contributed by atoms with van der Waals surface area (Å²) < 4.78 is 5.47. The normalized spacial score (nSPS) is 11.8. The molecule has 0 aliphatic heterocycles. The van der Waals surface area contributed by atoms with Crippen LogP contribution in [0.15, 0.2) is 67.0 Å². The van der Waals surface area contributed by atoms with Crippen LogP contribution in [0.2, 0.25) is 0 Å². The van der Waals surface area contributed by atoms with Gasteiger partial charge in [-0.3, -0.25) is 0 Å². The van der Waals surface area contributed by atoms with Gasteiger partial charge in [0.05, 0.1) is 11.7 Å². The Morgan fingerprint density at radius 1 is 0.964 bits per heavy atom. The summed E-state index contributed by atoms with van der Waals surface area (Å²) in [4.78, 5) is 20.9. The first-order valence-corrected chi connectivity index (χ1v) is 9.48. The number of hydrogen-bond donors (Lipinski definition) is 1. The van der Waals surface area contributed by atoms with Crippen LogP contribution in [0, 0.1) is 0 Å². The van der Waals surface area contributed by atoms with Crippen LogP contribution in [0.4, 0.5) is 0 Å². The van der Waals surface area contributed by atoms with Crippen molar-refractivity contribution in [3.8, 4) is 16.9 Å². The van der Waals surface area contributed by atoms with Gasteiger partial charge in [0.15, 0.2) is 0 Å². The van der Waals surface area contributed by atoms with Crippen molar-refractivity contribution in [2.24, 2.45) is 0 Å². The van der Waals surface area contributed by atoms with Gasteiger partial charge in [-0.1, -0.05) is 30.3 Å². The number of aromatic hydroxyl groups is 1. The van der Waals surface area contributed by atoms with Crippen LogP contribution < -0.4 is 0 Å². The SMILES string of the molecule is CC(CCCCc1ncc(-c2ccc(O)cc2)cn1)OC(=O)c1ccccc1. The van der Waals surface area contributed by atoms with Gasteiger partial charge in [-0.25, -0.2) is 14.8 Å². The van der Waals surface area contributed by atoms with Gasteiger partial charge in [0.1, 0.15) is 11.6 Å². The highest BCUT2D eigenvalue weighted by molar-refractivity contribution is 5.89. The molecule has 28 heavy (non-hydrogen) atoms. The zero-order valence-electron chi connectivity index (χ0n) is 15.9. The van der Waals surface area contributed by atoms with Crippen LogP contribution in [-0.2, 0) is 11.2 Å². The van der Waals surface area contributed by atoms with Gasteiger partial charge in [0.25, 0.3) is 0 Å². The number of carbonyl (C=O) groups is 1. The van der Waals surface area contributed by atoms with Gasteiger partial charge >= 0.3 is 5.97 Å². The second kappa shape index (κ2) is 9.65. The Morgan fingerprint density at radius 3 is 2.32 bits per heavy atom. The first-order chi connectivity index (χ1) is 13.6. The van der Waals surface area contributed by atoms with Crippen molar-refractivity contribution in [2.75, 3.05) is 0 Å². The summed E-state index contributed by atoms with van der Waals surface area (Å²) in [6.07, 6.45) is 6.96. The fourth-order valence-electron chi connectivity index (χ4n) is 2.89. The molecule has 0 bridgehead atoms. The van der Waals surface area contributed by atoms with Crippen molar-refractivity contribution >= 4 is 5.97 Å². The molecule has 1 heterocycles. The third kappa shape index (κ3) is 5.64. The van der Waals surface area contributed by atoms with Gasteiger partial charge in [0, 0.05) is 24.4 Å². The summed E-state index contributed by atoms with van der Waals surface area (Å²) in [5.74, 6) is 0.766. The molecule has 0 saturated heterocycles. The Bertz CT molecular complexity index is 878. The van der Waals surface area contributed by atoms with Crippen molar-refractivity contribution in [1.82, 2.24) is 9.97 Å². The quantitative estimate of drug-likeness (QED) is 0.451. The molecule has 5 nitrogen and oxygen atoms in total. The molecule has 0 fully saturated rings. The lowest BCUT2D eigenvalue weighted by atomic mass is 10.1. The zero-order chi connectivity index (χ0) is 19.8. The van der Waals surface area contributed by atoms with Crippen LogP contribution in [0.1, 0.15) is 42.4 Å². The highest BCUT2D eigenvalue weighted by Gasteiger charge is 2.11. The zero-order valence-corrected chi connectivity index (χ0v) is 15.9. The average molecular weight is 376 g/mol. The molecular weight excluding hydrogens is 352 g/mol. The Kier molecular flexibility index (Phi) is 6.73. The number of carbonyl (C=O) groups excluding carboxylic acids is 1. The molecular formula is C23H24N2O3. The van der Waals surface area contributed by atoms with E-state index in [4.69, 9.17) is 4.74 Å². The van der Waals surface area contributed by atoms with Crippen molar-refractivity contribution in [3.05, 3.63) is 78.4 Å². The maximum Gasteiger partial charge on any atom is 0.338 e. The molecule has 0 spiro atoms. The van der Waals surface area contributed by atoms with Gasteiger partial charge in [0.2, 0.25) is 0 Å². The standard InChI is InChI=1S/C23H24N2O3/c1-17(28-23(27)19-8-3-2-4-9-19)7-5-6-10-22-24-15-20(16-25-22)18-11-13-21(26)14-12-18/h2-4,8-9,11-17,26H,5-7,10H2,1H3. The fourth-order valence-corrected chi connectivity index (χ4v) is 2.89. The number of nitrogens with zero attached hydrogens (tertiary/aromatic N) is 2. The second-order valence-corrected chi connectivity index (χ2v) is 6.76. The average Bonchev–Trinajstić information content (AvgIpc) is 2.73. The summed E-state index contributed by atoms with van der Waals surface area (Å²) in [7, 11) is 0. The lowest BCUT2D eigenvalue weighted by molar-refractivity contribution is 0.0319. The number of aromatic nitrogens is 2. The van der Waals surface area contributed by atoms with E-state index in [1.165, 1.54) is 0 Å². The van der Waals surface area contributed by atoms with Crippen LogP contribution in [0.25, 0.3) is 11.1 Å². The van der Waals surface area contributed by atoms with E-state index < -0.39 is 0 Å². The van der Waals surface area contributed by atoms with Crippen molar-refractivity contribution in [2.45, 2.75) is 38.7 Å². The fraction of sp³-hybridized carbons (Fsp3) is 0.261. The minimum Gasteiger partial charge on any atom is -0.508 e. The molecule has 1 atom stereocenters. The maximum atomic E-state index is 12.0. The van der Waals surface area contributed by atoms with Crippen LogP contribution in [0.3, 0.4) is 0 Å². The topological polar surface area (TPSA) is 72.3 Å². The van der Waals surface area contributed by atoms with E-state index in [2.05, 4.69) is 9.97 Å². The first kappa shape index (κ1) is 19.5. The van der Waals surface area contributed by atoms with Crippen LogP contribution in [-0.4, -0.2) is 27.1 Å². The number of unbranched alkanes of at least 4 members (excludes halogenated alkanes) is 1. The molecule has 1 aromatic heterocycles. The molecule has 0 radical (unpaired) electrons. The van der Waals surface area contributed by atoms with Crippen molar-refractivity contribution in [3.63, 3.8) is 0 Å². The van der Waals surface area contributed by atoms with E-state index in [0.717, 1.165) is 42.6 Å². The number of benzene rings is 2.